The van der Waals surface area contributed by atoms with Gasteiger partial charge >= 0.3 is 0 Å². The molecule has 0 saturated heterocycles. The van der Waals surface area contributed by atoms with Crippen LogP contribution in [0.5, 0.6) is 0 Å². The van der Waals surface area contributed by atoms with E-state index in [-0.39, 0.29) is 0 Å². The van der Waals surface area contributed by atoms with Crippen molar-refractivity contribution in [2.45, 2.75) is 45.2 Å². The van der Waals surface area contributed by atoms with Crippen molar-refractivity contribution in [1.82, 2.24) is 25.4 Å². The lowest BCUT2D eigenvalue weighted by molar-refractivity contribution is 0.314. The molecule has 104 valence electrons. The number of hydrogen-bond donors (Lipinski definition) is 2. The molecule has 1 aromatic heterocycles. The van der Waals surface area contributed by atoms with Gasteiger partial charge in [-0.25, -0.2) is 0 Å². The zero-order chi connectivity index (χ0) is 13.1. The zero-order valence-corrected chi connectivity index (χ0v) is 11.5. The highest BCUT2D eigenvalue weighted by Crippen LogP contribution is 2.25. The summed E-state index contributed by atoms with van der Waals surface area (Å²) < 4.78 is 2.21. The van der Waals surface area contributed by atoms with Crippen molar-refractivity contribution in [3.05, 3.63) is 11.6 Å². The van der Waals surface area contributed by atoms with Crippen LogP contribution in [0.4, 0.5) is 0 Å². The van der Waals surface area contributed by atoms with E-state index < -0.39 is 0 Å². The van der Waals surface area contributed by atoms with Gasteiger partial charge in [-0.3, -0.25) is 4.99 Å². The number of aliphatic imine (C=N–C) groups is 1. The topological polar surface area (TPSA) is 67.1 Å². The molecule has 6 heteroatoms. The molecule has 1 aromatic rings. The fourth-order valence-electron chi connectivity index (χ4n) is 2.66. The van der Waals surface area contributed by atoms with Gasteiger partial charge in [-0.05, 0) is 25.2 Å². The maximum Gasteiger partial charge on any atom is 0.191 e. The first kappa shape index (κ1) is 12.4. The lowest BCUT2D eigenvalue weighted by Gasteiger charge is -2.26. The van der Waals surface area contributed by atoms with E-state index in [4.69, 9.17) is 0 Å². The maximum absolute atomic E-state index is 4.25. The molecular weight excluding hydrogens is 240 g/mol. The standard InChI is InChI=1S/C13H22N6/c1-14-13(15-8-10-4-2-5-10)16-9-12-18-17-11-6-3-7-19(11)12/h10H,2-9H2,1H3,(H2,14,15,16). The maximum atomic E-state index is 4.25. The average Bonchev–Trinajstić information content (AvgIpc) is 2.94. The Morgan fingerprint density at radius 3 is 2.95 bits per heavy atom. The summed E-state index contributed by atoms with van der Waals surface area (Å²) in [7, 11) is 1.81. The molecule has 2 heterocycles. The Kier molecular flexibility index (Phi) is 3.66. The Morgan fingerprint density at radius 1 is 1.32 bits per heavy atom. The fraction of sp³-hybridized carbons (Fsp3) is 0.769. The van der Waals surface area contributed by atoms with Crippen LogP contribution in [-0.4, -0.2) is 34.3 Å². The van der Waals surface area contributed by atoms with Crippen molar-refractivity contribution in [3.8, 4) is 0 Å². The molecule has 1 saturated carbocycles. The first-order valence-corrected chi connectivity index (χ1v) is 7.22. The summed E-state index contributed by atoms with van der Waals surface area (Å²) in [6.45, 7) is 2.77. The van der Waals surface area contributed by atoms with E-state index in [0.29, 0.717) is 6.54 Å². The summed E-state index contributed by atoms with van der Waals surface area (Å²) in [6.07, 6.45) is 6.32. The molecule has 1 aliphatic carbocycles. The molecule has 0 spiro atoms. The Morgan fingerprint density at radius 2 is 2.21 bits per heavy atom. The quantitative estimate of drug-likeness (QED) is 0.619. The summed E-state index contributed by atoms with van der Waals surface area (Å²) in [5.74, 6) is 3.83. The zero-order valence-electron chi connectivity index (χ0n) is 11.5. The molecular formula is C13H22N6. The molecule has 0 aromatic carbocycles. The lowest BCUT2D eigenvalue weighted by Crippen LogP contribution is -2.41. The molecule has 19 heavy (non-hydrogen) atoms. The predicted molar refractivity (Wildman–Crippen MR) is 73.9 cm³/mol. The molecule has 0 atom stereocenters. The van der Waals surface area contributed by atoms with Gasteiger partial charge in [0, 0.05) is 26.6 Å². The van der Waals surface area contributed by atoms with Gasteiger partial charge in [-0.2, -0.15) is 0 Å². The fourth-order valence-corrected chi connectivity index (χ4v) is 2.66. The Bertz CT molecular complexity index is 460. The predicted octanol–water partition coefficient (Wildman–Crippen LogP) is 0.689. The third-order valence-corrected chi connectivity index (χ3v) is 4.11. The summed E-state index contributed by atoms with van der Waals surface area (Å²) in [4.78, 5) is 4.25. The van der Waals surface area contributed by atoms with E-state index in [9.17, 15) is 0 Å². The third-order valence-electron chi connectivity index (χ3n) is 4.11. The van der Waals surface area contributed by atoms with Gasteiger partial charge in [0.25, 0.3) is 0 Å². The largest absolute Gasteiger partial charge is 0.356 e. The van der Waals surface area contributed by atoms with Crippen LogP contribution < -0.4 is 10.6 Å². The van der Waals surface area contributed by atoms with Gasteiger partial charge in [0.15, 0.2) is 11.8 Å². The molecule has 2 N–H and O–H groups in total. The first-order valence-electron chi connectivity index (χ1n) is 7.22. The number of nitrogens with zero attached hydrogens (tertiary/aromatic N) is 4. The van der Waals surface area contributed by atoms with Crippen LogP contribution in [0.15, 0.2) is 4.99 Å². The van der Waals surface area contributed by atoms with Crippen molar-refractivity contribution in [1.29, 1.82) is 0 Å². The second-order valence-corrected chi connectivity index (χ2v) is 5.39. The van der Waals surface area contributed by atoms with Crippen molar-refractivity contribution in [2.75, 3.05) is 13.6 Å². The normalized spacial score (nSPS) is 19.1. The summed E-state index contributed by atoms with van der Waals surface area (Å²) in [6, 6.07) is 0. The van der Waals surface area contributed by atoms with Crippen LogP contribution in [-0.2, 0) is 19.5 Å². The van der Waals surface area contributed by atoms with Gasteiger partial charge in [0.2, 0.25) is 0 Å². The number of guanidine groups is 1. The van der Waals surface area contributed by atoms with Crippen LogP contribution in [0, 0.1) is 5.92 Å². The van der Waals surface area contributed by atoms with E-state index in [1.165, 1.54) is 25.7 Å². The minimum Gasteiger partial charge on any atom is -0.356 e. The van der Waals surface area contributed by atoms with Crippen LogP contribution >= 0.6 is 0 Å². The van der Waals surface area contributed by atoms with Crippen molar-refractivity contribution >= 4 is 5.96 Å². The van der Waals surface area contributed by atoms with E-state index >= 15 is 0 Å². The Labute approximate surface area is 113 Å². The summed E-state index contributed by atoms with van der Waals surface area (Å²) >= 11 is 0. The Balaban J connectivity index is 1.49. The van der Waals surface area contributed by atoms with Crippen molar-refractivity contribution in [2.24, 2.45) is 10.9 Å². The molecule has 6 nitrogen and oxygen atoms in total. The molecule has 3 rings (SSSR count). The first-order chi connectivity index (χ1) is 9.36. The number of fused-ring (bicyclic) bond motifs is 1. The number of aryl methyl sites for hydroxylation is 1. The summed E-state index contributed by atoms with van der Waals surface area (Å²) in [5.41, 5.74) is 0. The van der Waals surface area contributed by atoms with Gasteiger partial charge in [0.05, 0.1) is 6.54 Å². The molecule has 2 aliphatic rings. The highest BCUT2D eigenvalue weighted by atomic mass is 15.3. The minimum absolute atomic E-state index is 0.692. The van der Waals surface area contributed by atoms with Gasteiger partial charge < -0.3 is 15.2 Å². The number of nitrogens with one attached hydrogen (secondary N) is 2. The third kappa shape index (κ3) is 2.72. The van der Waals surface area contributed by atoms with Crippen LogP contribution in [0.2, 0.25) is 0 Å². The van der Waals surface area contributed by atoms with Crippen LogP contribution in [0.3, 0.4) is 0 Å². The average molecular weight is 262 g/mol. The Hall–Kier alpha value is -1.59. The molecule has 0 unspecified atom stereocenters. The molecule has 0 amide bonds. The van der Waals surface area contributed by atoms with Crippen molar-refractivity contribution in [3.63, 3.8) is 0 Å². The SMILES string of the molecule is CN=C(NCc1nnc2n1CCC2)NCC1CCC1. The van der Waals surface area contributed by atoms with Crippen molar-refractivity contribution < 1.29 is 0 Å². The smallest absolute Gasteiger partial charge is 0.191 e. The number of rotatable bonds is 4. The highest BCUT2D eigenvalue weighted by molar-refractivity contribution is 5.79. The van der Waals surface area contributed by atoms with Gasteiger partial charge in [-0.1, -0.05) is 6.42 Å². The molecule has 0 bridgehead atoms. The molecule has 1 aliphatic heterocycles. The van der Waals surface area contributed by atoms with E-state index in [2.05, 4.69) is 30.4 Å². The summed E-state index contributed by atoms with van der Waals surface area (Å²) in [5, 5.41) is 15.1. The lowest BCUT2D eigenvalue weighted by atomic mass is 9.85. The molecule has 1 fully saturated rings. The van der Waals surface area contributed by atoms with E-state index in [1.807, 2.05) is 7.05 Å². The second kappa shape index (κ2) is 5.59. The highest BCUT2D eigenvalue weighted by Gasteiger charge is 2.18. The second-order valence-electron chi connectivity index (χ2n) is 5.39. The van der Waals surface area contributed by atoms with E-state index in [1.54, 1.807) is 0 Å². The molecule has 0 radical (unpaired) electrons. The monoisotopic (exact) mass is 262 g/mol. The van der Waals surface area contributed by atoms with Gasteiger partial charge in [0.1, 0.15) is 5.82 Å². The number of aromatic nitrogens is 3. The van der Waals surface area contributed by atoms with Crippen LogP contribution in [0.25, 0.3) is 0 Å². The van der Waals surface area contributed by atoms with Gasteiger partial charge in [-0.15, -0.1) is 10.2 Å². The van der Waals surface area contributed by atoms with Crippen LogP contribution in [0.1, 0.15) is 37.3 Å². The number of hydrogen-bond acceptors (Lipinski definition) is 3. The minimum atomic E-state index is 0.692. The van der Waals surface area contributed by atoms with E-state index in [0.717, 1.165) is 43.0 Å².